The molecule has 0 amide bonds. The van der Waals surface area contributed by atoms with Crippen LogP contribution in [0.15, 0.2) is 22.7 Å². The minimum absolute atomic E-state index is 0.206. The van der Waals surface area contributed by atoms with Crippen LogP contribution >= 0.6 is 15.9 Å². The standard InChI is InChI=1S/C16H25BrN2/c1-4-15-8-5-12(3)19(15)16-10-14(17)7-6-13(16)9-11(2)18/h6-7,10-12,15H,4-5,8-9,18H2,1-3H3. The van der Waals surface area contributed by atoms with Crippen molar-refractivity contribution in [2.24, 2.45) is 5.73 Å². The molecule has 1 saturated heterocycles. The first-order valence-electron chi connectivity index (χ1n) is 7.35. The van der Waals surface area contributed by atoms with Crippen LogP contribution in [0.25, 0.3) is 0 Å². The van der Waals surface area contributed by atoms with E-state index in [1.807, 2.05) is 0 Å². The number of halogens is 1. The fourth-order valence-electron chi connectivity index (χ4n) is 3.20. The number of nitrogens with zero attached hydrogens (tertiary/aromatic N) is 1. The summed E-state index contributed by atoms with van der Waals surface area (Å²) < 4.78 is 1.16. The van der Waals surface area contributed by atoms with E-state index >= 15 is 0 Å². The zero-order valence-corrected chi connectivity index (χ0v) is 13.8. The van der Waals surface area contributed by atoms with Crippen molar-refractivity contribution in [3.63, 3.8) is 0 Å². The molecule has 3 unspecified atom stereocenters. The van der Waals surface area contributed by atoms with Gasteiger partial charge in [-0.3, -0.25) is 0 Å². The van der Waals surface area contributed by atoms with E-state index in [-0.39, 0.29) is 6.04 Å². The SMILES string of the molecule is CCC1CCC(C)N1c1cc(Br)ccc1CC(C)N. The number of hydrogen-bond donors (Lipinski definition) is 1. The third-order valence-corrected chi connectivity index (χ3v) is 4.62. The molecule has 2 rings (SSSR count). The number of benzene rings is 1. The molecule has 1 heterocycles. The Kier molecular flexibility index (Phi) is 4.91. The van der Waals surface area contributed by atoms with Crippen LogP contribution in [0, 0.1) is 0 Å². The Labute approximate surface area is 125 Å². The van der Waals surface area contributed by atoms with Gasteiger partial charge in [-0.15, -0.1) is 0 Å². The number of rotatable bonds is 4. The molecule has 0 saturated carbocycles. The molecule has 2 N–H and O–H groups in total. The van der Waals surface area contributed by atoms with Gasteiger partial charge in [-0.25, -0.2) is 0 Å². The average Bonchev–Trinajstić information content (AvgIpc) is 2.72. The van der Waals surface area contributed by atoms with E-state index < -0.39 is 0 Å². The molecule has 3 atom stereocenters. The molecule has 0 radical (unpaired) electrons. The lowest BCUT2D eigenvalue weighted by Crippen LogP contribution is -2.35. The molecule has 0 bridgehead atoms. The molecule has 1 fully saturated rings. The maximum Gasteiger partial charge on any atom is 0.0415 e. The minimum Gasteiger partial charge on any atom is -0.366 e. The van der Waals surface area contributed by atoms with Crippen molar-refractivity contribution in [1.82, 2.24) is 0 Å². The highest BCUT2D eigenvalue weighted by atomic mass is 79.9. The highest BCUT2D eigenvalue weighted by molar-refractivity contribution is 9.10. The Morgan fingerprint density at radius 1 is 1.42 bits per heavy atom. The Bertz CT molecular complexity index is 431. The van der Waals surface area contributed by atoms with E-state index in [1.165, 1.54) is 30.5 Å². The van der Waals surface area contributed by atoms with E-state index in [1.54, 1.807) is 0 Å². The van der Waals surface area contributed by atoms with Crippen LogP contribution in [-0.4, -0.2) is 18.1 Å². The Morgan fingerprint density at radius 3 is 2.79 bits per heavy atom. The van der Waals surface area contributed by atoms with Gasteiger partial charge in [-0.05, 0) is 57.2 Å². The lowest BCUT2D eigenvalue weighted by atomic mass is 10.0. The van der Waals surface area contributed by atoms with Crippen LogP contribution in [0.4, 0.5) is 5.69 Å². The second-order valence-electron chi connectivity index (χ2n) is 5.85. The Hall–Kier alpha value is -0.540. The van der Waals surface area contributed by atoms with Crippen LogP contribution in [0.2, 0.25) is 0 Å². The molecular formula is C16H25BrN2. The third-order valence-electron chi connectivity index (χ3n) is 4.12. The number of hydrogen-bond acceptors (Lipinski definition) is 2. The molecule has 1 aliphatic heterocycles. The van der Waals surface area contributed by atoms with E-state index in [9.17, 15) is 0 Å². The highest BCUT2D eigenvalue weighted by Crippen LogP contribution is 2.36. The molecule has 0 spiro atoms. The predicted molar refractivity (Wildman–Crippen MR) is 86.7 cm³/mol. The molecule has 0 aliphatic carbocycles. The quantitative estimate of drug-likeness (QED) is 0.903. The first-order valence-corrected chi connectivity index (χ1v) is 8.14. The maximum absolute atomic E-state index is 6.00. The van der Waals surface area contributed by atoms with Gasteiger partial charge in [0, 0.05) is 28.3 Å². The molecule has 1 aliphatic rings. The topological polar surface area (TPSA) is 29.3 Å². The van der Waals surface area contributed by atoms with E-state index in [0.717, 1.165) is 10.9 Å². The van der Waals surface area contributed by atoms with Gasteiger partial charge in [0.2, 0.25) is 0 Å². The fourth-order valence-corrected chi connectivity index (χ4v) is 3.55. The van der Waals surface area contributed by atoms with Gasteiger partial charge in [0.15, 0.2) is 0 Å². The minimum atomic E-state index is 0.206. The van der Waals surface area contributed by atoms with Crippen molar-refractivity contribution < 1.29 is 0 Å². The van der Waals surface area contributed by atoms with Gasteiger partial charge in [0.25, 0.3) is 0 Å². The smallest absolute Gasteiger partial charge is 0.0415 e. The first kappa shape index (κ1) is 14.9. The lowest BCUT2D eigenvalue weighted by molar-refractivity contribution is 0.622. The summed E-state index contributed by atoms with van der Waals surface area (Å²) in [4.78, 5) is 2.61. The molecule has 1 aromatic rings. The largest absolute Gasteiger partial charge is 0.366 e. The van der Waals surface area contributed by atoms with Gasteiger partial charge in [-0.1, -0.05) is 28.9 Å². The molecule has 1 aromatic carbocycles. The number of nitrogens with two attached hydrogens (primary N) is 1. The third kappa shape index (κ3) is 3.32. The summed E-state index contributed by atoms with van der Waals surface area (Å²) in [6, 6.07) is 8.13. The van der Waals surface area contributed by atoms with Crippen molar-refractivity contribution in [1.29, 1.82) is 0 Å². The van der Waals surface area contributed by atoms with E-state index in [4.69, 9.17) is 5.73 Å². The van der Waals surface area contributed by atoms with Crippen molar-refractivity contribution in [3.8, 4) is 0 Å². The highest BCUT2D eigenvalue weighted by Gasteiger charge is 2.30. The molecule has 19 heavy (non-hydrogen) atoms. The van der Waals surface area contributed by atoms with Crippen molar-refractivity contribution in [2.75, 3.05) is 4.90 Å². The zero-order chi connectivity index (χ0) is 14.0. The van der Waals surface area contributed by atoms with Crippen molar-refractivity contribution in [2.45, 2.75) is 64.6 Å². The second kappa shape index (κ2) is 6.27. The van der Waals surface area contributed by atoms with Crippen molar-refractivity contribution in [3.05, 3.63) is 28.2 Å². The van der Waals surface area contributed by atoms with Gasteiger partial charge in [0.05, 0.1) is 0 Å². The summed E-state index contributed by atoms with van der Waals surface area (Å²) in [6.07, 6.45) is 4.77. The maximum atomic E-state index is 6.00. The van der Waals surface area contributed by atoms with Gasteiger partial charge < -0.3 is 10.6 Å². The number of anilines is 1. The summed E-state index contributed by atoms with van der Waals surface area (Å²) in [5.74, 6) is 0. The molecule has 2 nitrogen and oxygen atoms in total. The van der Waals surface area contributed by atoms with E-state index in [2.05, 4.69) is 59.8 Å². The van der Waals surface area contributed by atoms with E-state index in [0.29, 0.717) is 12.1 Å². The van der Waals surface area contributed by atoms with Crippen LogP contribution in [0.1, 0.15) is 45.6 Å². The average molecular weight is 325 g/mol. The molecular weight excluding hydrogens is 300 g/mol. The predicted octanol–water partition coefficient (Wildman–Crippen LogP) is 4.11. The normalized spacial score (nSPS) is 24.8. The molecule has 3 heteroatoms. The summed E-state index contributed by atoms with van der Waals surface area (Å²) >= 11 is 3.61. The lowest BCUT2D eigenvalue weighted by Gasteiger charge is -2.32. The second-order valence-corrected chi connectivity index (χ2v) is 6.77. The summed E-state index contributed by atoms with van der Waals surface area (Å²) in [5, 5.41) is 0. The van der Waals surface area contributed by atoms with Gasteiger partial charge in [-0.2, -0.15) is 0 Å². The fraction of sp³-hybridized carbons (Fsp3) is 0.625. The van der Waals surface area contributed by atoms with Gasteiger partial charge in [0.1, 0.15) is 0 Å². The van der Waals surface area contributed by atoms with Crippen molar-refractivity contribution >= 4 is 21.6 Å². The first-order chi connectivity index (χ1) is 9.02. The molecule has 0 aromatic heterocycles. The van der Waals surface area contributed by atoms with Crippen LogP contribution in [0.3, 0.4) is 0 Å². The van der Waals surface area contributed by atoms with Crippen LogP contribution < -0.4 is 10.6 Å². The Morgan fingerprint density at radius 2 is 2.16 bits per heavy atom. The van der Waals surface area contributed by atoms with Gasteiger partial charge >= 0.3 is 0 Å². The monoisotopic (exact) mass is 324 g/mol. The van der Waals surface area contributed by atoms with Crippen LogP contribution in [0.5, 0.6) is 0 Å². The zero-order valence-electron chi connectivity index (χ0n) is 12.2. The summed E-state index contributed by atoms with van der Waals surface area (Å²) in [6.45, 7) is 6.71. The van der Waals surface area contributed by atoms with Crippen LogP contribution in [-0.2, 0) is 6.42 Å². The Balaban J connectivity index is 2.38. The summed E-state index contributed by atoms with van der Waals surface area (Å²) in [5.41, 5.74) is 8.76. The molecule has 106 valence electrons. The summed E-state index contributed by atoms with van der Waals surface area (Å²) in [7, 11) is 0.